The van der Waals surface area contributed by atoms with Crippen molar-refractivity contribution in [1.29, 1.82) is 0 Å². The average molecular weight is 421 g/mol. The van der Waals surface area contributed by atoms with Gasteiger partial charge in [0.1, 0.15) is 12.4 Å². The van der Waals surface area contributed by atoms with Crippen molar-refractivity contribution in [2.75, 3.05) is 18.5 Å². The fourth-order valence-electron chi connectivity index (χ4n) is 4.49. The van der Waals surface area contributed by atoms with Gasteiger partial charge in [-0.15, -0.1) is 0 Å². The third-order valence-electron chi connectivity index (χ3n) is 6.20. The van der Waals surface area contributed by atoms with Crippen LogP contribution in [0, 0.1) is 6.92 Å². The molecule has 1 amide bonds. The first-order chi connectivity index (χ1) is 15.2. The highest BCUT2D eigenvalue weighted by atomic mass is 16.5. The first kappa shape index (κ1) is 20.0. The minimum atomic E-state index is -0.214. The van der Waals surface area contributed by atoms with Crippen LogP contribution in [-0.2, 0) is 4.74 Å². The zero-order valence-corrected chi connectivity index (χ0v) is 17.8. The molecule has 2 fully saturated rings. The van der Waals surface area contributed by atoms with E-state index in [0.29, 0.717) is 29.6 Å². The van der Waals surface area contributed by atoms with Crippen molar-refractivity contribution in [1.82, 2.24) is 14.8 Å². The molecule has 7 heteroatoms. The second-order valence-corrected chi connectivity index (χ2v) is 8.56. The number of fused-ring (bicyclic) bond motifs is 1. The van der Waals surface area contributed by atoms with E-state index in [4.69, 9.17) is 9.47 Å². The molecule has 0 radical (unpaired) electrons. The summed E-state index contributed by atoms with van der Waals surface area (Å²) in [5.74, 6) is 0.445. The molecule has 1 aromatic carbocycles. The Morgan fingerprint density at radius 1 is 1.19 bits per heavy atom. The van der Waals surface area contributed by atoms with Gasteiger partial charge in [0, 0.05) is 18.2 Å². The van der Waals surface area contributed by atoms with Gasteiger partial charge in [0.2, 0.25) is 0 Å². The summed E-state index contributed by atoms with van der Waals surface area (Å²) < 4.78 is 13.7. The van der Waals surface area contributed by atoms with Crippen molar-refractivity contribution in [2.45, 2.75) is 57.6 Å². The van der Waals surface area contributed by atoms with Crippen LogP contribution in [0.15, 0.2) is 36.7 Å². The maximum absolute atomic E-state index is 13.0. The molecule has 2 aliphatic rings. The van der Waals surface area contributed by atoms with E-state index in [0.717, 1.165) is 48.9 Å². The van der Waals surface area contributed by atoms with E-state index >= 15 is 0 Å². The van der Waals surface area contributed by atoms with Crippen LogP contribution in [0.5, 0.6) is 5.75 Å². The minimum Gasteiger partial charge on any atom is -0.489 e. The molecule has 2 aromatic heterocycles. The zero-order valence-electron chi connectivity index (χ0n) is 17.8. The van der Waals surface area contributed by atoms with E-state index in [1.165, 1.54) is 12.8 Å². The zero-order chi connectivity index (χ0) is 21.2. The second kappa shape index (κ2) is 8.67. The molecule has 0 bridgehead atoms. The summed E-state index contributed by atoms with van der Waals surface area (Å²) in [5, 5.41) is 8.41. The number of amides is 1. The number of benzene rings is 1. The monoisotopic (exact) mass is 420 g/mol. The lowest BCUT2D eigenvalue weighted by Crippen LogP contribution is -2.18. The number of carbonyl (C=O) groups excluding carboxylic acids is 1. The predicted molar refractivity (Wildman–Crippen MR) is 119 cm³/mol. The van der Waals surface area contributed by atoms with E-state index < -0.39 is 0 Å². The Bertz CT molecular complexity index is 1080. The summed E-state index contributed by atoms with van der Waals surface area (Å²) in [6.07, 6.45) is 10.4. The molecule has 31 heavy (non-hydrogen) atoms. The lowest BCUT2D eigenvalue weighted by molar-refractivity contribution is 0.0681. The molecule has 3 heterocycles. The maximum Gasteiger partial charge on any atom is 0.257 e. The largest absolute Gasteiger partial charge is 0.489 e. The van der Waals surface area contributed by atoms with Crippen LogP contribution in [-0.4, -0.2) is 40.0 Å². The smallest absolute Gasteiger partial charge is 0.257 e. The Hall–Kier alpha value is -2.93. The molecule has 3 aromatic rings. The normalized spacial score (nSPS) is 19.2. The summed E-state index contributed by atoms with van der Waals surface area (Å²) in [7, 11) is 0. The quantitative estimate of drug-likeness (QED) is 0.627. The lowest BCUT2D eigenvalue weighted by atomic mass is 10.2. The van der Waals surface area contributed by atoms with Crippen LogP contribution in [0.3, 0.4) is 0 Å². The summed E-state index contributed by atoms with van der Waals surface area (Å²) in [6.45, 7) is 3.28. The first-order valence-corrected chi connectivity index (χ1v) is 11.2. The molecular formula is C24H28N4O3. The highest BCUT2D eigenvalue weighted by Crippen LogP contribution is 2.31. The fourth-order valence-corrected chi connectivity index (χ4v) is 4.49. The number of anilines is 1. The van der Waals surface area contributed by atoms with Gasteiger partial charge in [-0.25, -0.2) is 9.67 Å². The van der Waals surface area contributed by atoms with E-state index in [-0.39, 0.29) is 12.0 Å². The molecule has 1 aliphatic heterocycles. The van der Waals surface area contributed by atoms with Gasteiger partial charge in [-0.3, -0.25) is 4.79 Å². The topological polar surface area (TPSA) is 78.3 Å². The molecule has 1 saturated carbocycles. The van der Waals surface area contributed by atoms with Crippen LogP contribution in [0.4, 0.5) is 5.69 Å². The minimum absolute atomic E-state index is 0.118. The number of hydrogen-bond acceptors (Lipinski definition) is 5. The number of carbonyl (C=O) groups is 1. The molecule has 1 atom stereocenters. The van der Waals surface area contributed by atoms with Crippen LogP contribution in [0.1, 0.15) is 60.5 Å². The first-order valence-electron chi connectivity index (χ1n) is 11.2. The molecule has 1 N–H and O–H groups in total. The van der Waals surface area contributed by atoms with E-state index in [2.05, 4.69) is 15.4 Å². The molecular weight excluding hydrogens is 392 g/mol. The fraction of sp³-hybridized carbons (Fsp3) is 0.458. The number of nitrogens with one attached hydrogen (secondary N) is 1. The Morgan fingerprint density at radius 3 is 2.87 bits per heavy atom. The number of hydrogen-bond donors (Lipinski definition) is 1. The Labute approximate surface area is 181 Å². The van der Waals surface area contributed by atoms with Gasteiger partial charge in [-0.2, -0.15) is 5.10 Å². The van der Waals surface area contributed by atoms with Crippen molar-refractivity contribution in [3.8, 4) is 5.75 Å². The van der Waals surface area contributed by atoms with Crippen LogP contribution >= 0.6 is 0 Å². The number of aryl methyl sites for hydroxylation is 1. The number of nitrogens with zero attached hydrogens (tertiary/aromatic N) is 3. The van der Waals surface area contributed by atoms with Gasteiger partial charge in [0.25, 0.3) is 5.91 Å². The third kappa shape index (κ3) is 4.28. The molecule has 7 nitrogen and oxygen atoms in total. The highest BCUT2D eigenvalue weighted by molar-refractivity contribution is 6.06. The van der Waals surface area contributed by atoms with Crippen LogP contribution in [0.2, 0.25) is 0 Å². The SMILES string of the molecule is Cc1ccc(NC(=O)c2cnc3c(cnn3C3CCCC3)c2)c(OC[C@@H]2CCCO2)c1. The molecule has 0 spiro atoms. The Balaban J connectivity index is 1.33. The summed E-state index contributed by atoms with van der Waals surface area (Å²) in [4.78, 5) is 17.5. The number of rotatable bonds is 6. The average Bonchev–Trinajstić information content (AvgIpc) is 3.54. The van der Waals surface area contributed by atoms with Crippen LogP contribution < -0.4 is 10.1 Å². The molecule has 162 valence electrons. The van der Waals surface area contributed by atoms with Gasteiger partial charge in [-0.1, -0.05) is 18.9 Å². The summed E-state index contributed by atoms with van der Waals surface area (Å²) in [6, 6.07) is 8.05. The highest BCUT2D eigenvalue weighted by Gasteiger charge is 2.21. The standard InChI is InChI=1S/C24H28N4O3/c1-16-8-9-21(22(11-16)31-15-20-7-4-10-30-20)27-24(29)18-12-17-14-26-28(23(17)25-13-18)19-5-2-3-6-19/h8-9,11-14,19-20H,2-7,10,15H2,1H3,(H,27,29)/t20-/m0/s1. The van der Waals surface area contributed by atoms with Gasteiger partial charge in [0.05, 0.1) is 29.6 Å². The maximum atomic E-state index is 13.0. The van der Waals surface area contributed by atoms with Gasteiger partial charge in [0.15, 0.2) is 5.65 Å². The molecule has 0 unspecified atom stereocenters. The third-order valence-corrected chi connectivity index (χ3v) is 6.20. The van der Waals surface area contributed by atoms with E-state index in [1.54, 1.807) is 12.4 Å². The van der Waals surface area contributed by atoms with Crippen LogP contribution in [0.25, 0.3) is 11.0 Å². The number of pyridine rings is 1. The van der Waals surface area contributed by atoms with E-state index in [1.807, 2.05) is 35.9 Å². The Kier molecular flexibility index (Phi) is 5.59. The molecule has 1 saturated heterocycles. The van der Waals surface area contributed by atoms with Crippen molar-refractivity contribution >= 4 is 22.6 Å². The van der Waals surface area contributed by atoms with Crippen molar-refractivity contribution in [3.63, 3.8) is 0 Å². The Morgan fingerprint density at radius 2 is 2.06 bits per heavy atom. The summed E-state index contributed by atoms with van der Waals surface area (Å²) >= 11 is 0. The van der Waals surface area contributed by atoms with E-state index in [9.17, 15) is 4.79 Å². The van der Waals surface area contributed by atoms with Crippen molar-refractivity contribution in [3.05, 3.63) is 47.8 Å². The number of aromatic nitrogens is 3. The predicted octanol–water partition coefficient (Wildman–Crippen LogP) is 4.66. The van der Waals surface area contributed by atoms with Gasteiger partial charge < -0.3 is 14.8 Å². The second-order valence-electron chi connectivity index (χ2n) is 8.56. The number of ether oxygens (including phenoxy) is 2. The van der Waals surface area contributed by atoms with Gasteiger partial charge in [-0.05, 0) is 56.4 Å². The van der Waals surface area contributed by atoms with Crippen molar-refractivity contribution < 1.29 is 14.3 Å². The van der Waals surface area contributed by atoms with Gasteiger partial charge >= 0.3 is 0 Å². The molecule has 5 rings (SSSR count). The molecule has 1 aliphatic carbocycles. The van der Waals surface area contributed by atoms with Crippen molar-refractivity contribution in [2.24, 2.45) is 0 Å². The lowest BCUT2D eigenvalue weighted by Gasteiger charge is -2.16. The summed E-state index contributed by atoms with van der Waals surface area (Å²) in [5.41, 5.74) is 3.07.